The fourth-order valence-corrected chi connectivity index (χ4v) is 6.14. The van der Waals surface area contributed by atoms with Crippen LogP contribution in [-0.2, 0) is 26.3 Å². The molecule has 6 rings (SSSR count). The van der Waals surface area contributed by atoms with Gasteiger partial charge in [-0.25, -0.2) is 9.59 Å². The van der Waals surface area contributed by atoms with E-state index >= 15 is 0 Å². The number of likely N-dealkylation sites (tertiary alicyclic amines) is 1. The van der Waals surface area contributed by atoms with Crippen LogP contribution in [0, 0.1) is 0 Å². The first-order valence-corrected chi connectivity index (χ1v) is 15.6. The number of nitrogens with zero attached hydrogens (tertiary/aromatic N) is 1. The van der Waals surface area contributed by atoms with E-state index in [1.54, 1.807) is 83.8 Å². The van der Waals surface area contributed by atoms with Gasteiger partial charge in [0.25, 0.3) is 5.91 Å². The highest BCUT2D eigenvalue weighted by molar-refractivity contribution is 6.30. The molecule has 244 valence electrons. The van der Waals surface area contributed by atoms with E-state index in [0.29, 0.717) is 39.5 Å². The summed E-state index contributed by atoms with van der Waals surface area (Å²) in [5, 5.41) is 8.55. The number of benzene rings is 4. The molecule has 2 heterocycles. The number of halogens is 1. The number of carbonyl (C=O) groups excluding carboxylic acids is 5. The van der Waals surface area contributed by atoms with Crippen LogP contribution in [0.4, 0.5) is 21.0 Å². The van der Waals surface area contributed by atoms with Gasteiger partial charge in [-0.3, -0.25) is 25.0 Å². The third-order valence-electron chi connectivity index (χ3n) is 8.42. The van der Waals surface area contributed by atoms with Gasteiger partial charge in [-0.05, 0) is 48.0 Å². The van der Waals surface area contributed by atoms with Crippen LogP contribution in [-0.4, -0.2) is 60.9 Å². The number of hydrogen-bond donors (Lipinski definition) is 3. The molecule has 11 nitrogen and oxygen atoms in total. The molecule has 2 aliphatic heterocycles. The number of carbonyl (C=O) groups is 5. The first kappa shape index (κ1) is 32.3. The predicted molar refractivity (Wildman–Crippen MR) is 178 cm³/mol. The Hall–Kier alpha value is -5.68. The lowest BCUT2D eigenvalue weighted by molar-refractivity contribution is -0.133. The summed E-state index contributed by atoms with van der Waals surface area (Å²) in [6.07, 6.45) is -0.814. The maximum Gasteiger partial charge on any atom is 0.412 e. The van der Waals surface area contributed by atoms with Gasteiger partial charge < -0.3 is 19.7 Å². The molecular weight excluding hydrogens is 636 g/mol. The molecule has 48 heavy (non-hydrogen) atoms. The molecule has 1 saturated heterocycles. The summed E-state index contributed by atoms with van der Waals surface area (Å²) in [5.41, 5.74) is 2.59. The average Bonchev–Trinajstić information content (AvgIpc) is 3.52. The van der Waals surface area contributed by atoms with Crippen molar-refractivity contribution in [1.29, 1.82) is 0 Å². The Balaban J connectivity index is 1.24. The number of amides is 4. The van der Waals surface area contributed by atoms with Gasteiger partial charge in [0.05, 0.1) is 19.3 Å². The molecule has 4 aromatic carbocycles. The zero-order valence-electron chi connectivity index (χ0n) is 25.8. The molecule has 3 N–H and O–H groups in total. The van der Waals surface area contributed by atoms with E-state index in [-0.39, 0.29) is 36.8 Å². The molecule has 1 unspecified atom stereocenters. The first-order chi connectivity index (χ1) is 23.1. The fourth-order valence-electron chi connectivity index (χ4n) is 5.96. The Labute approximate surface area is 281 Å². The van der Waals surface area contributed by atoms with Crippen LogP contribution in [0.5, 0.6) is 0 Å². The molecule has 0 radical (unpaired) electrons. The third-order valence-corrected chi connectivity index (χ3v) is 8.65. The molecule has 1 spiro atoms. The van der Waals surface area contributed by atoms with Crippen LogP contribution >= 0.6 is 11.6 Å². The van der Waals surface area contributed by atoms with Crippen molar-refractivity contribution in [3.63, 3.8) is 0 Å². The van der Waals surface area contributed by atoms with Gasteiger partial charge in [0.1, 0.15) is 6.04 Å². The summed E-state index contributed by atoms with van der Waals surface area (Å²) in [5.74, 6) is -1.01. The van der Waals surface area contributed by atoms with Crippen molar-refractivity contribution in [2.24, 2.45) is 0 Å². The van der Waals surface area contributed by atoms with Crippen LogP contribution in [0.25, 0.3) is 0 Å². The van der Waals surface area contributed by atoms with Gasteiger partial charge in [0, 0.05) is 52.4 Å². The van der Waals surface area contributed by atoms with Gasteiger partial charge in [0.2, 0.25) is 5.91 Å². The number of anilines is 2. The summed E-state index contributed by atoms with van der Waals surface area (Å²) < 4.78 is 10.4. The summed E-state index contributed by atoms with van der Waals surface area (Å²) in [4.78, 5) is 66.2. The first-order valence-electron chi connectivity index (χ1n) is 15.2. The fraction of sp³-hybridized carbons (Fsp3) is 0.194. The highest BCUT2D eigenvalue weighted by Crippen LogP contribution is 2.44. The lowest BCUT2D eigenvalue weighted by atomic mass is 9.90. The second-order valence-electron chi connectivity index (χ2n) is 11.5. The molecule has 1 fully saturated rings. The quantitative estimate of drug-likeness (QED) is 0.202. The minimum absolute atomic E-state index is 0.0668. The number of hydrogen-bond acceptors (Lipinski definition) is 7. The number of rotatable bonds is 8. The normalized spacial score (nSPS) is 17.0. The third kappa shape index (κ3) is 6.86. The van der Waals surface area contributed by atoms with Crippen LogP contribution in [0.3, 0.4) is 0 Å². The van der Waals surface area contributed by atoms with Gasteiger partial charge in [-0.1, -0.05) is 66.2 Å². The van der Waals surface area contributed by atoms with E-state index in [0.717, 1.165) is 5.56 Å². The van der Waals surface area contributed by atoms with Crippen molar-refractivity contribution >= 4 is 52.8 Å². The van der Waals surface area contributed by atoms with Gasteiger partial charge >= 0.3 is 12.2 Å². The Morgan fingerprint density at radius 3 is 2.33 bits per heavy atom. The molecule has 4 amide bonds. The van der Waals surface area contributed by atoms with Crippen LogP contribution < -0.4 is 16.0 Å². The zero-order valence-corrected chi connectivity index (χ0v) is 26.6. The summed E-state index contributed by atoms with van der Waals surface area (Å²) >= 11 is 6.29. The Morgan fingerprint density at radius 1 is 0.938 bits per heavy atom. The predicted octanol–water partition coefficient (Wildman–Crippen LogP) is 5.78. The topological polar surface area (TPSA) is 143 Å². The van der Waals surface area contributed by atoms with Crippen molar-refractivity contribution in [1.82, 2.24) is 10.2 Å². The van der Waals surface area contributed by atoms with Gasteiger partial charge in [-0.2, -0.15) is 0 Å². The van der Waals surface area contributed by atoms with E-state index in [2.05, 4.69) is 20.7 Å². The monoisotopic (exact) mass is 666 g/mol. The maximum absolute atomic E-state index is 14.2. The van der Waals surface area contributed by atoms with Crippen molar-refractivity contribution in [2.45, 2.75) is 24.5 Å². The smallest absolute Gasteiger partial charge is 0.412 e. The van der Waals surface area contributed by atoms with Crippen molar-refractivity contribution in [3.8, 4) is 0 Å². The number of ether oxygens (including phenoxy) is 2. The molecule has 0 aliphatic carbocycles. The van der Waals surface area contributed by atoms with E-state index < -0.39 is 29.7 Å². The minimum atomic E-state index is -1.10. The second-order valence-corrected chi connectivity index (χ2v) is 12.0. The Kier molecular flexibility index (Phi) is 9.13. The average molecular weight is 667 g/mol. The van der Waals surface area contributed by atoms with Gasteiger partial charge in [-0.15, -0.1) is 0 Å². The molecule has 0 bridgehead atoms. The molecule has 2 aliphatic rings. The summed E-state index contributed by atoms with van der Waals surface area (Å²) in [6.45, 7) is 0.334. The standard InChI is InChI=1S/C36H31ClN4O7/c1-47-34(45)38-27-14-11-25(12-15-27)32(43)39-30(19-22-7-9-24(10-8-22)31(42)23-5-3-2-4-6-23)33(44)41-18-17-36(21-41)28-20-26(37)13-16-29(28)40-35(46)48-36/h2-16,20,30H,17-19,21H2,1H3,(H,38,45)(H,39,43)(H,40,46)/t30-,36?/m0/s1. The summed E-state index contributed by atoms with van der Waals surface area (Å²) in [7, 11) is 1.24. The number of ketones is 1. The van der Waals surface area contributed by atoms with Crippen molar-refractivity contribution < 1.29 is 33.4 Å². The Bertz CT molecular complexity index is 1880. The van der Waals surface area contributed by atoms with Crippen LogP contribution in [0.1, 0.15) is 43.8 Å². The van der Waals surface area contributed by atoms with E-state index in [1.165, 1.54) is 19.2 Å². The van der Waals surface area contributed by atoms with Crippen molar-refractivity contribution in [3.05, 3.63) is 130 Å². The van der Waals surface area contributed by atoms with Gasteiger partial charge in [0.15, 0.2) is 11.4 Å². The highest BCUT2D eigenvalue weighted by atomic mass is 35.5. The van der Waals surface area contributed by atoms with Crippen molar-refractivity contribution in [2.75, 3.05) is 30.8 Å². The number of fused-ring (bicyclic) bond motifs is 2. The minimum Gasteiger partial charge on any atom is -0.453 e. The number of nitrogens with one attached hydrogen (secondary N) is 3. The molecule has 4 aromatic rings. The molecule has 0 saturated carbocycles. The van der Waals surface area contributed by atoms with E-state index in [9.17, 15) is 24.0 Å². The van der Waals surface area contributed by atoms with E-state index in [4.69, 9.17) is 16.3 Å². The maximum atomic E-state index is 14.2. The van der Waals surface area contributed by atoms with E-state index in [1.807, 2.05) is 6.07 Å². The van der Waals surface area contributed by atoms with Crippen LogP contribution in [0.2, 0.25) is 5.02 Å². The molecule has 0 aromatic heterocycles. The Morgan fingerprint density at radius 2 is 1.62 bits per heavy atom. The van der Waals surface area contributed by atoms with Crippen LogP contribution in [0.15, 0.2) is 97.1 Å². The molecule has 2 atom stereocenters. The lowest BCUT2D eigenvalue weighted by Gasteiger charge is -2.35. The highest BCUT2D eigenvalue weighted by Gasteiger charge is 2.49. The molecular formula is C36H31ClN4O7. The zero-order chi connectivity index (χ0) is 33.8. The number of methoxy groups -OCH3 is 1. The second kappa shape index (κ2) is 13.6. The SMILES string of the molecule is COC(=O)Nc1ccc(C(=O)N[C@@H](Cc2ccc(C(=O)c3ccccc3)cc2)C(=O)N2CCC3(C2)OC(=O)Nc2ccc(Cl)cc23)cc1. The molecule has 12 heteroatoms. The summed E-state index contributed by atoms with van der Waals surface area (Å²) in [6, 6.07) is 26.0. The largest absolute Gasteiger partial charge is 0.453 e. The lowest BCUT2D eigenvalue weighted by Crippen LogP contribution is -2.50.